The molecule has 8 nitrogen and oxygen atoms in total. The van der Waals surface area contributed by atoms with Gasteiger partial charge in [0, 0.05) is 28.3 Å². The Hall–Kier alpha value is -3.34. The van der Waals surface area contributed by atoms with E-state index in [4.69, 9.17) is 4.74 Å². The van der Waals surface area contributed by atoms with Crippen molar-refractivity contribution in [3.8, 4) is 0 Å². The van der Waals surface area contributed by atoms with Crippen LogP contribution in [0, 0.1) is 21.7 Å². The van der Waals surface area contributed by atoms with E-state index in [1.165, 1.54) is 23.2 Å². The first-order chi connectivity index (χ1) is 14.2. The SMILES string of the molecule is CCOC(=O)C1=C(C)N(Cc2cccs2)C(=O)NC1c1cc([N+](=O)[O-])c(F)cc1F. The Bertz CT molecular complexity index is 1040. The van der Waals surface area contributed by atoms with Crippen molar-refractivity contribution in [3.63, 3.8) is 0 Å². The van der Waals surface area contributed by atoms with Gasteiger partial charge in [0.05, 0.1) is 29.7 Å². The van der Waals surface area contributed by atoms with Crippen LogP contribution in [-0.2, 0) is 16.1 Å². The number of halogens is 2. The molecule has 0 spiro atoms. The fourth-order valence-corrected chi connectivity index (χ4v) is 3.84. The number of carbonyl (C=O) groups is 2. The largest absolute Gasteiger partial charge is 0.463 e. The van der Waals surface area contributed by atoms with Gasteiger partial charge in [-0.25, -0.2) is 14.0 Å². The summed E-state index contributed by atoms with van der Waals surface area (Å²) in [5.41, 5.74) is -1.26. The van der Waals surface area contributed by atoms with Gasteiger partial charge in [-0.15, -0.1) is 11.3 Å². The van der Waals surface area contributed by atoms with Gasteiger partial charge in [-0.1, -0.05) is 6.07 Å². The number of urea groups is 1. The summed E-state index contributed by atoms with van der Waals surface area (Å²) in [4.78, 5) is 37.6. The summed E-state index contributed by atoms with van der Waals surface area (Å²) < 4.78 is 33.4. The summed E-state index contributed by atoms with van der Waals surface area (Å²) in [6.45, 7) is 3.27. The van der Waals surface area contributed by atoms with E-state index in [1.54, 1.807) is 6.92 Å². The number of ether oxygens (including phenoxy) is 1. The maximum absolute atomic E-state index is 14.6. The van der Waals surface area contributed by atoms with Crippen LogP contribution in [0.1, 0.15) is 30.3 Å². The summed E-state index contributed by atoms with van der Waals surface area (Å²) in [5.74, 6) is -3.31. The number of hydrogen-bond acceptors (Lipinski definition) is 6. The number of nitro benzene ring substituents is 1. The average Bonchev–Trinajstić information content (AvgIpc) is 3.18. The zero-order valence-corrected chi connectivity index (χ0v) is 16.8. The van der Waals surface area contributed by atoms with Crippen molar-refractivity contribution in [2.24, 2.45) is 0 Å². The van der Waals surface area contributed by atoms with Gasteiger partial charge >= 0.3 is 17.7 Å². The summed E-state index contributed by atoms with van der Waals surface area (Å²) in [7, 11) is 0. The molecule has 1 aliphatic rings. The van der Waals surface area contributed by atoms with E-state index >= 15 is 0 Å². The van der Waals surface area contributed by atoms with Gasteiger partial charge in [-0.2, -0.15) is 4.39 Å². The monoisotopic (exact) mass is 437 g/mol. The molecular weight excluding hydrogens is 420 g/mol. The van der Waals surface area contributed by atoms with Crippen molar-refractivity contribution >= 4 is 29.0 Å². The fourth-order valence-electron chi connectivity index (χ4n) is 3.15. The third-order valence-electron chi connectivity index (χ3n) is 4.56. The number of nitro groups is 1. The zero-order chi connectivity index (χ0) is 22.0. The number of amides is 2. The highest BCUT2D eigenvalue weighted by molar-refractivity contribution is 7.09. The molecule has 1 unspecified atom stereocenters. The number of benzene rings is 1. The molecule has 2 amide bonds. The Labute approximate surface area is 173 Å². The molecule has 0 saturated carbocycles. The van der Waals surface area contributed by atoms with Crippen molar-refractivity contribution in [2.45, 2.75) is 26.4 Å². The predicted octanol–water partition coefficient (Wildman–Crippen LogP) is 4.04. The van der Waals surface area contributed by atoms with Gasteiger partial charge in [0.2, 0.25) is 5.82 Å². The molecule has 2 heterocycles. The summed E-state index contributed by atoms with van der Waals surface area (Å²) in [6.07, 6.45) is 0. The number of nitrogens with zero attached hydrogens (tertiary/aromatic N) is 2. The number of hydrogen-bond donors (Lipinski definition) is 1. The van der Waals surface area contributed by atoms with E-state index in [2.05, 4.69) is 5.32 Å². The minimum atomic E-state index is -1.38. The molecule has 1 N–H and O–H groups in total. The molecule has 11 heteroatoms. The van der Waals surface area contributed by atoms with Crippen LogP contribution in [-0.4, -0.2) is 28.4 Å². The number of allylic oxidation sites excluding steroid dienone is 1. The minimum Gasteiger partial charge on any atom is -0.463 e. The minimum absolute atomic E-state index is 0.0211. The van der Waals surface area contributed by atoms with Crippen LogP contribution < -0.4 is 5.32 Å². The Kier molecular flexibility index (Phi) is 6.11. The van der Waals surface area contributed by atoms with Crippen LogP contribution in [0.3, 0.4) is 0 Å². The van der Waals surface area contributed by atoms with Crippen LogP contribution in [0.2, 0.25) is 0 Å². The summed E-state index contributed by atoms with van der Waals surface area (Å²) in [5, 5.41) is 15.4. The lowest BCUT2D eigenvalue weighted by Gasteiger charge is -2.35. The molecule has 3 rings (SSSR count). The molecule has 0 bridgehead atoms. The lowest BCUT2D eigenvalue weighted by Crippen LogP contribution is -2.47. The molecule has 1 aromatic carbocycles. The Morgan fingerprint density at radius 1 is 1.37 bits per heavy atom. The van der Waals surface area contributed by atoms with Crippen molar-refractivity contribution in [2.75, 3.05) is 6.61 Å². The second kappa shape index (κ2) is 8.57. The molecule has 0 fully saturated rings. The van der Waals surface area contributed by atoms with Crippen LogP contribution in [0.4, 0.5) is 19.3 Å². The maximum Gasteiger partial charge on any atom is 0.338 e. The van der Waals surface area contributed by atoms with Gasteiger partial charge in [-0.3, -0.25) is 15.0 Å². The van der Waals surface area contributed by atoms with Gasteiger partial charge in [-0.05, 0) is 25.3 Å². The molecule has 0 aliphatic carbocycles. The summed E-state index contributed by atoms with van der Waals surface area (Å²) in [6, 6.07) is 2.64. The Balaban J connectivity index is 2.13. The van der Waals surface area contributed by atoms with Crippen LogP contribution in [0.15, 0.2) is 40.9 Å². The average molecular weight is 437 g/mol. The molecular formula is C19H17F2N3O5S. The number of rotatable bonds is 6. The fraction of sp³-hybridized carbons (Fsp3) is 0.263. The maximum atomic E-state index is 14.6. The molecule has 1 aromatic heterocycles. The van der Waals surface area contributed by atoms with E-state index in [1.807, 2.05) is 17.5 Å². The highest BCUT2D eigenvalue weighted by Gasteiger charge is 2.39. The van der Waals surface area contributed by atoms with Crippen molar-refractivity contribution in [1.82, 2.24) is 10.2 Å². The third kappa shape index (κ3) is 4.01. The van der Waals surface area contributed by atoms with E-state index in [9.17, 15) is 28.5 Å². The normalized spacial score (nSPS) is 16.5. The molecule has 1 atom stereocenters. The smallest absolute Gasteiger partial charge is 0.338 e. The Morgan fingerprint density at radius 3 is 2.70 bits per heavy atom. The van der Waals surface area contributed by atoms with E-state index in [0.29, 0.717) is 12.1 Å². The van der Waals surface area contributed by atoms with Gasteiger partial charge in [0.1, 0.15) is 5.82 Å². The third-order valence-corrected chi connectivity index (χ3v) is 5.42. The van der Waals surface area contributed by atoms with Gasteiger partial charge in [0.15, 0.2) is 0 Å². The lowest BCUT2D eigenvalue weighted by molar-refractivity contribution is -0.387. The molecule has 158 valence electrons. The Morgan fingerprint density at radius 2 is 2.10 bits per heavy atom. The lowest BCUT2D eigenvalue weighted by atomic mass is 9.94. The first-order valence-corrected chi connectivity index (χ1v) is 9.74. The van der Waals surface area contributed by atoms with Crippen molar-refractivity contribution in [3.05, 3.63) is 73.1 Å². The van der Waals surface area contributed by atoms with Crippen molar-refractivity contribution in [1.29, 1.82) is 0 Å². The van der Waals surface area contributed by atoms with Crippen LogP contribution in [0.5, 0.6) is 0 Å². The highest BCUT2D eigenvalue weighted by atomic mass is 32.1. The standard InChI is InChI=1S/C19H17F2N3O5S/c1-3-29-18(25)16-10(2)23(9-11-5-4-6-30-11)19(26)22-17(16)12-7-15(24(27)28)14(21)8-13(12)20/h4-8,17H,3,9H2,1-2H3,(H,22,26). The van der Waals surface area contributed by atoms with E-state index in [-0.39, 0.29) is 24.4 Å². The second-order valence-corrected chi connectivity index (χ2v) is 7.38. The second-order valence-electron chi connectivity index (χ2n) is 6.35. The van der Waals surface area contributed by atoms with Crippen LogP contribution >= 0.6 is 11.3 Å². The summed E-state index contributed by atoms with van der Waals surface area (Å²) >= 11 is 1.41. The molecule has 0 saturated heterocycles. The molecule has 1 aliphatic heterocycles. The van der Waals surface area contributed by atoms with Gasteiger partial charge < -0.3 is 10.1 Å². The molecule has 0 radical (unpaired) electrons. The molecule has 2 aromatic rings. The zero-order valence-electron chi connectivity index (χ0n) is 16.0. The van der Waals surface area contributed by atoms with Crippen LogP contribution in [0.25, 0.3) is 0 Å². The number of esters is 1. The number of nitrogens with one attached hydrogen (secondary N) is 1. The van der Waals surface area contributed by atoms with E-state index in [0.717, 1.165) is 4.88 Å². The van der Waals surface area contributed by atoms with Crippen molar-refractivity contribution < 1.29 is 28.0 Å². The first kappa shape index (κ1) is 21.4. The highest BCUT2D eigenvalue weighted by Crippen LogP contribution is 2.36. The molecule has 30 heavy (non-hydrogen) atoms. The van der Waals surface area contributed by atoms with E-state index < -0.39 is 45.9 Å². The number of thiophene rings is 1. The topological polar surface area (TPSA) is 102 Å². The number of carbonyl (C=O) groups excluding carboxylic acids is 2. The van der Waals surface area contributed by atoms with Gasteiger partial charge in [0.25, 0.3) is 0 Å². The quantitative estimate of drug-likeness (QED) is 0.418. The predicted molar refractivity (Wildman–Crippen MR) is 103 cm³/mol. The first-order valence-electron chi connectivity index (χ1n) is 8.86.